The van der Waals surface area contributed by atoms with Gasteiger partial charge in [0, 0.05) is 47.7 Å². The number of thiophene rings is 1. The molecule has 0 spiro atoms. The van der Waals surface area contributed by atoms with Crippen molar-refractivity contribution in [1.29, 1.82) is 0 Å². The van der Waals surface area contributed by atoms with E-state index in [4.69, 9.17) is 23.2 Å². The molecule has 2 heterocycles. The highest BCUT2D eigenvalue weighted by Gasteiger charge is 2.24. The Morgan fingerprint density at radius 1 is 1.06 bits per heavy atom. The van der Waals surface area contributed by atoms with Crippen molar-refractivity contribution in [2.75, 3.05) is 36.4 Å². The third-order valence-electron chi connectivity index (χ3n) is 5.50. The molecule has 0 saturated carbocycles. The van der Waals surface area contributed by atoms with Gasteiger partial charge in [-0.3, -0.25) is 9.59 Å². The van der Waals surface area contributed by atoms with Gasteiger partial charge in [-0.1, -0.05) is 55.2 Å². The Hall–Kier alpha value is -2.28. The summed E-state index contributed by atoms with van der Waals surface area (Å²) in [6.07, 6.45) is 0.568. The lowest BCUT2D eigenvalue weighted by atomic mass is 10.1. The number of rotatable bonds is 5. The van der Waals surface area contributed by atoms with Crippen LogP contribution in [0.5, 0.6) is 0 Å². The maximum atomic E-state index is 13.1. The van der Waals surface area contributed by atoms with Crippen molar-refractivity contribution in [3.63, 3.8) is 0 Å². The number of carbonyl (C=O) groups is 2. The highest BCUT2D eigenvalue weighted by atomic mass is 35.5. The Morgan fingerprint density at radius 3 is 2.47 bits per heavy atom. The second-order valence-corrected chi connectivity index (χ2v) is 10.2. The minimum Gasteiger partial charge on any atom is -0.366 e. The monoisotopic (exact) mass is 489 g/mol. The standard InChI is InChI=1S/C24H25Cl2N3O2S/c1-15(2)13-21(30)29-11-9-28(10-12-29)19-8-7-16(25)14-18(19)27-24(31)23-22(26)17-5-3-4-6-20(17)32-23/h3-8,14-15H,9-13H2,1-2H3,(H,27,31). The molecule has 5 nitrogen and oxygen atoms in total. The van der Waals surface area contributed by atoms with E-state index in [1.807, 2.05) is 41.3 Å². The Morgan fingerprint density at radius 2 is 1.78 bits per heavy atom. The molecule has 1 aromatic heterocycles. The number of benzene rings is 2. The van der Waals surface area contributed by atoms with Crippen LogP contribution in [0.2, 0.25) is 10.0 Å². The largest absolute Gasteiger partial charge is 0.366 e. The van der Waals surface area contributed by atoms with Gasteiger partial charge < -0.3 is 15.1 Å². The minimum absolute atomic E-state index is 0.198. The summed E-state index contributed by atoms with van der Waals surface area (Å²) in [4.78, 5) is 30.1. The van der Waals surface area contributed by atoms with Crippen molar-refractivity contribution < 1.29 is 9.59 Å². The molecule has 1 aliphatic rings. The summed E-state index contributed by atoms with van der Waals surface area (Å²) in [7, 11) is 0. The molecule has 4 rings (SSSR count). The first kappa shape index (κ1) is 22.9. The summed E-state index contributed by atoms with van der Waals surface area (Å²) < 4.78 is 0.969. The van der Waals surface area contributed by atoms with Crippen LogP contribution in [0.3, 0.4) is 0 Å². The number of anilines is 2. The lowest BCUT2D eigenvalue weighted by Crippen LogP contribution is -2.49. The quantitative estimate of drug-likeness (QED) is 0.467. The molecule has 8 heteroatoms. The molecular formula is C24H25Cl2N3O2S. The fourth-order valence-corrected chi connectivity index (χ4v) is 5.48. The molecule has 1 fully saturated rings. The van der Waals surface area contributed by atoms with Gasteiger partial charge in [0.05, 0.1) is 16.4 Å². The Labute approximate surface area is 201 Å². The van der Waals surface area contributed by atoms with Gasteiger partial charge in [0.2, 0.25) is 5.91 Å². The minimum atomic E-state index is -0.259. The lowest BCUT2D eigenvalue weighted by molar-refractivity contribution is -0.132. The van der Waals surface area contributed by atoms with E-state index in [-0.39, 0.29) is 11.8 Å². The summed E-state index contributed by atoms with van der Waals surface area (Å²) >= 11 is 14.1. The average molecular weight is 490 g/mol. The predicted octanol–water partition coefficient (Wildman–Crippen LogP) is 6.16. The normalized spacial score (nSPS) is 14.3. The van der Waals surface area contributed by atoms with E-state index in [2.05, 4.69) is 24.1 Å². The first-order chi connectivity index (χ1) is 15.3. The van der Waals surface area contributed by atoms with Crippen molar-refractivity contribution in [1.82, 2.24) is 4.90 Å². The molecule has 2 aromatic carbocycles. The van der Waals surface area contributed by atoms with Crippen molar-refractivity contribution in [3.8, 4) is 0 Å². The van der Waals surface area contributed by atoms with E-state index >= 15 is 0 Å². The fraction of sp³-hybridized carbons (Fsp3) is 0.333. The molecule has 0 aliphatic carbocycles. The van der Waals surface area contributed by atoms with Crippen molar-refractivity contribution in [2.45, 2.75) is 20.3 Å². The van der Waals surface area contributed by atoms with Gasteiger partial charge in [0.25, 0.3) is 5.91 Å². The highest BCUT2D eigenvalue weighted by molar-refractivity contribution is 7.21. The van der Waals surface area contributed by atoms with E-state index in [0.717, 1.165) is 15.8 Å². The van der Waals surface area contributed by atoms with Gasteiger partial charge >= 0.3 is 0 Å². The van der Waals surface area contributed by atoms with E-state index < -0.39 is 0 Å². The summed E-state index contributed by atoms with van der Waals surface area (Å²) in [5, 5.41) is 4.88. The number of hydrogen-bond acceptors (Lipinski definition) is 4. The maximum absolute atomic E-state index is 13.1. The third-order valence-corrected chi connectivity index (χ3v) is 7.41. The molecule has 0 unspecified atom stereocenters. The first-order valence-corrected chi connectivity index (χ1v) is 12.2. The van der Waals surface area contributed by atoms with E-state index in [9.17, 15) is 9.59 Å². The Bertz CT molecular complexity index is 1150. The Kier molecular flexibility index (Phi) is 6.93. The number of hydrogen-bond donors (Lipinski definition) is 1. The SMILES string of the molecule is CC(C)CC(=O)N1CCN(c2ccc(Cl)cc2NC(=O)c2sc3ccccc3c2Cl)CC1. The lowest BCUT2D eigenvalue weighted by Gasteiger charge is -2.37. The number of carbonyl (C=O) groups excluding carboxylic acids is 2. The molecule has 3 aromatic rings. The van der Waals surface area contributed by atoms with Crippen LogP contribution in [0.15, 0.2) is 42.5 Å². The van der Waals surface area contributed by atoms with Crippen molar-refractivity contribution >= 4 is 67.8 Å². The zero-order chi connectivity index (χ0) is 22.8. The zero-order valence-corrected chi connectivity index (χ0v) is 20.4. The fourth-order valence-electron chi connectivity index (χ4n) is 3.90. The van der Waals surface area contributed by atoms with Gasteiger partial charge in [-0.05, 0) is 30.2 Å². The predicted molar refractivity (Wildman–Crippen MR) is 134 cm³/mol. The maximum Gasteiger partial charge on any atom is 0.267 e. The molecule has 2 amide bonds. The van der Waals surface area contributed by atoms with E-state index in [1.165, 1.54) is 11.3 Å². The van der Waals surface area contributed by atoms with E-state index in [0.29, 0.717) is 59.1 Å². The second kappa shape index (κ2) is 9.69. The molecule has 32 heavy (non-hydrogen) atoms. The van der Waals surface area contributed by atoms with Crippen LogP contribution in [0, 0.1) is 5.92 Å². The molecule has 1 aliphatic heterocycles. The summed E-state index contributed by atoms with van der Waals surface area (Å²) in [5.74, 6) is 0.286. The van der Waals surface area contributed by atoms with Crippen LogP contribution in [0.1, 0.15) is 29.9 Å². The summed E-state index contributed by atoms with van der Waals surface area (Å²) in [6.45, 7) is 6.81. The first-order valence-electron chi connectivity index (χ1n) is 10.6. The smallest absolute Gasteiger partial charge is 0.267 e. The van der Waals surface area contributed by atoms with Gasteiger partial charge in [0.1, 0.15) is 4.88 Å². The Balaban J connectivity index is 1.52. The van der Waals surface area contributed by atoms with Crippen LogP contribution in [-0.4, -0.2) is 42.9 Å². The van der Waals surface area contributed by atoms with Crippen LogP contribution in [0.4, 0.5) is 11.4 Å². The zero-order valence-electron chi connectivity index (χ0n) is 18.0. The number of nitrogens with one attached hydrogen (secondary N) is 1. The summed E-state index contributed by atoms with van der Waals surface area (Å²) in [6, 6.07) is 13.2. The molecule has 1 saturated heterocycles. The summed E-state index contributed by atoms with van der Waals surface area (Å²) in [5.41, 5.74) is 1.52. The van der Waals surface area contributed by atoms with Crippen LogP contribution in [-0.2, 0) is 4.79 Å². The number of halogens is 2. The van der Waals surface area contributed by atoms with Crippen molar-refractivity contribution in [3.05, 3.63) is 57.4 Å². The third kappa shape index (κ3) is 4.87. The van der Waals surface area contributed by atoms with Crippen molar-refractivity contribution in [2.24, 2.45) is 5.92 Å². The van der Waals surface area contributed by atoms with Crippen LogP contribution < -0.4 is 10.2 Å². The second-order valence-electron chi connectivity index (χ2n) is 8.32. The van der Waals surface area contributed by atoms with Gasteiger partial charge in [-0.15, -0.1) is 11.3 Å². The van der Waals surface area contributed by atoms with Gasteiger partial charge in [-0.2, -0.15) is 0 Å². The van der Waals surface area contributed by atoms with Crippen LogP contribution >= 0.6 is 34.5 Å². The number of fused-ring (bicyclic) bond motifs is 1. The number of nitrogens with zero attached hydrogens (tertiary/aromatic N) is 2. The highest BCUT2D eigenvalue weighted by Crippen LogP contribution is 2.37. The molecule has 0 atom stereocenters. The molecule has 0 radical (unpaired) electrons. The number of piperazine rings is 1. The topological polar surface area (TPSA) is 52.7 Å². The van der Waals surface area contributed by atoms with Gasteiger partial charge in [-0.25, -0.2) is 0 Å². The van der Waals surface area contributed by atoms with E-state index in [1.54, 1.807) is 6.07 Å². The molecule has 1 N–H and O–H groups in total. The average Bonchev–Trinajstić information content (AvgIpc) is 3.10. The van der Waals surface area contributed by atoms with Gasteiger partial charge in [0.15, 0.2) is 0 Å². The molecule has 0 bridgehead atoms. The number of amides is 2. The molecular weight excluding hydrogens is 465 g/mol. The molecule has 168 valence electrons. The van der Waals surface area contributed by atoms with Crippen LogP contribution in [0.25, 0.3) is 10.1 Å².